The van der Waals surface area contributed by atoms with E-state index >= 15 is 0 Å². The Hall–Kier alpha value is -3.45. The Morgan fingerprint density at radius 1 is 1.09 bits per heavy atom. The van der Waals surface area contributed by atoms with Crippen LogP contribution < -0.4 is 0 Å². The monoisotopic (exact) mass is 473 g/mol. The molecule has 3 atom stereocenters. The van der Waals surface area contributed by atoms with Crippen LogP contribution in [0.4, 0.5) is 4.79 Å². The van der Waals surface area contributed by atoms with Crippen LogP contribution in [0.3, 0.4) is 0 Å². The molecule has 10 nitrogen and oxygen atoms in total. The number of H-pyrrole nitrogens is 1. The van der Waals surface area contributed by atoms with Gasteiger partial charge in [0.15, 0.2) is 0 Å². The Morgan fingerprint density at radius 3 is 2.69 bits per heavy atom. The molecule has 0 bridgehead atoms. The zero-order chi connectivity index (χ0) is 23.8. The van der Waals surface area contributed by atoms with Crippen LogP contribution in [-0.2, 0) is 0 Å². The molecule has 1 saturated carbocycles. The molecule has 1 aliphatic carbocycles. The van der Waals surface area contributed by atoms with Crippen molar-refractivity contribution in [2.75, 3.05) is 39.3 Å². The lowest BCUT2D eigenvalue weighted by molar-refractivity contribution is 0.0937. The molecule has 1 N–H and O–H groups in total. The zero-order valence-corrected chi connectivity index (χ0v) is 19.9. The second kappa shape index (κ2) is 9.30. The smallest absolute Gasteiger partial charge is 0.320 e. The molecule has 3 aromatic rings. The average Bonchev–Trinajstić information content (AvgIpc) is 3.69. The maximum atomic E-state index is 12.8. The molecule has 182 valence electrons. The molecule has 5 heterocycles. The van der Waals surface area contributed by atoms with Crippen LogP contribution >= 0.6 is 0 Å². The normalized spacial score (nSPS) is 25.4. The van der Waals surface area contributed by atoms with E-state index in [-0.39, 0.29) is 18.0 Å². The lowest BCUT2D eigenvalue weighted by Gasteiger charge is -2.39. The van der Waals surface area contributed by atoms with Gasteiger partial charge < -0.3 is 14.8 Å². The van der Waals surface area contributed by atoms with Crippen LogP contribution in [0, 0.1) is 17.2 Å². The standard InChI is InChI=1S/C25H31N9O/c26-5-3-18-13-20(31-9-11-33(12-10-31)25(35)32-7-1-2-8-32)14-22(18)34-16-19(15-30-34)23-21-4-6-27-24(21)29-17-28-23/h4,6,15-18,20,22H,1-3,7-14H2,(H,27,28,29)/t18-,20?,22?/m0/s1. The number of nitrogens with zero attached hydrogens (tertiary/aromatic N) is 8. The van der Waals surface area contributed by atoms with Gasteiger partial charge in [-0.25, -0.2) is 14.8 Å². The van der Waals surface area contributed by atoms with E-state index in [9.17, 15) is 10.1 Å². The first-order chi connectivity index (χ1) is 17.2. The van der Waals surface area contributed by atoms with Gasteiger partial charge in [0.25, 0.3) is 0 Å². The van der Waals surface area contributed by atoms with Gasteiger partial charge in [-0.15, -0.1) is 0 Å². The molecule has 2 aliphatic heterocycles. The highest BCUT2D eigenvalue weighted by Gasteiger charge is 2.40. The molecule has 2 amide bonds. The van der Waals surface area contributed by atoms with E-state index in [0.29, 0.717) is 12.5 Å². The predicted octanol–water partition coefficient (Wildman–Crippen LogP) is 2.89. The van der Waals surface area contributed by atoms with Crippen molar-refractivity contribution >= 4 is 17.1 Å². The van der Waals surface area contributed by atoms with Gasteiger partial charge in [0.05, 0.1) is 24.0 Å². The van der Waals surface area contributed by atoms with Gasteiger partial charge in [0.2, 0.25) is 0 Å². The van der Waals surface area contributed by atoms with E-state index in [4.69, 9.17) is 5.10 Å². The van der Waals surface area contributed by atoms with Gasteiger partial charge >= 0.3 is 6.03 Å². The van der Waals surface area contributed by atoms with Crippen molar-refractivity contribution in [3.63, 3.8) is 0 Å². The number of aromatic nitrogens is 5. The summed E-state index contributed by atoms with van der Waals surface area (Å²) in [6, 6.07) is 5.19. The fourth-order valence-corrected chi connectivity index (χ4v) is 6.16. The summed E-state index contributed by atoms with van der Waals surface area (Å²) in [7, 11) is 0. The van der Waals surface area contributed by atoms with Crippen LogP contribution in [0.1, 0.15) is 38.1 Å². The number of carbonyl (C=O) groups excluding carboxylic acids is 1. The van der Waals surface area contributed by atoms with Gasteiger partial charge in [-0.05, 0) is 37.7 Å². The molecular weight excluding hydrogens is 442 g/mol. The van der Waals surface area contributed by atoms with E-state index in [1.165, 1.54) is 0 Å². The van der Waals surface area contributed by atoms with Crippen LogP contribution in [-0.4, -0.2) is 90.8 Å². The number of hydrogen-bond acceptors (Lipinski definition) is 6. The van der Waals surface area contributed by atoms with Crippen molar-refractivity contribution in [1.82, 2.24) is 39.4 Å². The van der Waals surface area contributed by atoms with Crippen molar-refractivity contribution < 1.29 is 4.79 Å². The van der Waals surface area contributed by atoms with E-state index < -0.39 is 0 Å². The molecule has 35 heavy (non-hydrogen) atoms. The maximum absolute atomic E-state index is 12.8. The molecule has 2 saturated heterocycles. The third-order valence-electron chi connectivity index (χ3n) is 8.03. The van der Waals surface area contributed by atoms with Crippen LogP contribution in [0.5, 0.6) is 0 Å². The van der Waals surface area contributed by atoms with E-state index in [1.54, 1.807) is 6.33 Å². The molecule has 3 aliphatic rings. The highest BCUT2D eigenvalue weighted by atomic mass is 16.2. The fourth-order valence-electron chi connectivity index (χ4n) is 6.16. The third-order valence-corrected chi connectivity index (χ3v) is 8.03. The first-order valence-corrected chi connectivity index (χ1v) is 12.7. The predicted molar refractivity (Wildman–Crippen MR) is 130 cm³/mol. The number of hydrogen-bond donors (Lipinski definition) is 1. The highest BCUT2D eigenvalue weighted by molar-refractivity contribution is 5.89. The van der Waals surface area contributed by atoms with Gasteiger partial charge in [-0.2, -0.15) is 10.4 Å². The molecule has 6 rings (SSSR count). The number of carbonyl (C=O) groups is 1. The summed E-state index contributed by atoms with van der Waals surface area (Å²) in [5.74, 6) is 0.264. The first kappa shape index (κ1) is 22.0. The Labute approximate surface area is 204 Å². The molecule has 0 aromatic carbocycles. The van der Waals surface area contributed by atoms with Crippen LogP contribution in [0.25, 0.3) is 22.3 Å². The summed E-state index contributed by atoms with van der Waals surface area (Å²) in [6.45, 7) is 5.16. The van der Waals surface area contributed by atoms with Crippen molar-refractivity contribution in [1.29, 1.82) is 5.26 Å². The first-order valence-electron chi connectivity index (χ1n) is 12.7. The minimum atomic E-state index is 0.182. The largest absolute Gasteiger partial charge is 0.346 e. The van der Waals surface area contributed by atoms with Crippen molar-refractivity contribution in [2.24, 2.45) is 5.92 Å². The second-order valence-electron chi connectivity index (χ2n) is 9.99. The van der Waals surface area contributed by atoms with Crippen LogP contribution in [0.15, 0.2) is 31.0 Å². The Bertz CT molecular complexity index is 1230. The van der Waals surface area contributed by atoms with E-state index in [1.807, 2.05) is 32.9 Å². The van der Waals surface area contributed by atoms with Gasteiger partial charge in [-0.3, -0.25) is 9.58 Å². The Balaban J connectivity index is 1.14. The van der Waals surface area contributed by atoms with Crippen molar-refractivity contribution in [2.45, 2.75) is 44.2 Å². The minimum Gasteiger partial charge on any atom is -0.346 e. The fraction of sp³-hybridized carbons (Fsp3) is 0.560. The summed E-state index contributed by atoms with van der Waals surface area (Å²) >= 11 is 0. The molecule has 2 unspecified atom stereocenters. The van der Waals surface area contributed by atoms with Crippen LogP contribution in [0.2, 0.25) is 0 Å². The summed E-state index contributed by atoms with van der Waals surface area (Å²) in [5, 5.41) is 15.2. The van der Waals surface area contributed by atoms with Gasteiger partial charge in [0.1, 0.15) is 12.0 Å². The summed E-state index contributed by atoms with van der Waals surface area (Å²) < 4.78 is 2.05. The third kappa shape index (κ3) is 4.14. The molecule has 10 heteroatoms. The minimum absolute atomic E-state index is 0.182. The van der Waals surface area contributed by atoms with Gasteiger partial charge in [0, 0.05) is 75.1 Å². The van der Waals surface area contributed by atoms with E-state index in [2.05, 4.69) is 32.1 Å². The number of fused-ring (bicyclic) bond motifs is 1. The average molecular weight is 474 g/mol. The summed E-state index contributed by atoms with van der Waals surface area (Å²) in [5.41, 5.74) is 2.64. The number of nitriles is 1. The molecule has 0 radical (unpaired) electrons. The number of nitrogens with one attached hydrogen (secondary N) is 1. The van der Waals surface area contributed by atoms with E-state index in [0.717, 1.165) is 87.2 Å². The quantitative estimate of drug-likeness (QED) is 0.624. The summed E-state index contributed by atoms with van der Waals surface area (Å²) in [4.78, 5) is 31.2. The molecule has 3 fully saturated rings. The molecule has 0 spiro atoms. The second-order valence-corrected chi connectivity index (χ2v) is 9.99. The number of likely N-dealkylation sites (tertiary alicyclic amines) is 1. The van der Waals surface area contributed by atoms with Gasteiger partial charge in [-0.1, -0.05) is 0 Å². The highest BCUT2D eigenvalue weighted by Crippen LogP contribution is 2.41. The number of piperazine rings is 1. The molecule has 3 aromatic heterocycles. The van der Waals surface area contributed by atoms with Crippen molar-refractivity contribution in [3.8, 4) is 17.3 Å². The maximum Gasteiger partial charge on any atom is 0.320 e. The number of amides is 2. The number of urea groups is 1. The topological polar surface area (TPSA) is 110 Å². The SMILES string of the molecule is N#CC[C@H]1CC(N2CCN(C(=O)N3CCCC3)CC2)CC1n1cc(-c2ncnc3[nH]ccc23)cn1. The lowest BCUT2D eigenvalue weighted by atomic mass is 10.0. The summed E-state index contributed by atoms with van der Waals surface area (Å²) in [6.07, 6.45) is 12.1. The van der Waals surface area contributed by atoms with Crippen molar-refractivity contribution in [3.05, 3.63) is 31.0 Å². The number of rotatable bonds is 4. The Morgan fingerprint density at radius 2 is 1.89 bits per heavy atom. The zero-order valence-electron chi connectivity index (χ0n) is 19.9. The number of aromatic amines is 1. The lowest BCUT2D eigenvalue weighted by Crippen LogP contribution is -2.54. The molecular formula is C25H31N9O. The Kier molecular flexibility index (Phi) is 5.86.